The number of benzene rings is 3. The third-order valence-electron chi connectivity index (χ3n) is 6.20. The van der Waals surface area contributed by atoms with Crippen molar-refractivity contribution in [3.8, 4) is 0 Å². The van der Waals surface area contributed by atoms with Gasteiger partial charge in [0.1, 0.15) is 0 Å². The van der Waals surface area contributed by atoms with Gasteiger partial charge in [-0.05, 0) is 59.6 Å². The van der Waals surface area contributed by atoms with Gasteiger partial charge in [-0.2, -0.15) is 0 Å². The first kappa shape index (κ1) is 21.0. The van der Waals surface area contributed by atoms with E-state index in [1.807, 2.05) is 12.1 Å². The molecule has 2 N–H and O–H groups in total. The second-order valence-corrected chi connectivity index (χ2v) is 10.3. The normalized spacial score (nSPS) is 20.5. The highest BCUT2D eigenvalue weighted by molar-refractivity contribution is 7.88. The fraction of sp³-hybridized carbons (Fsp3) is 0.360. The molecular formula is C25H30N2O2S. The molecule has 30 heavy (non-hydrogen) atoms. The van der Waals surface area contributed by atoms with Crippen LogP contribution < -0.4 is 10.0 Å². The molecule has 3 atom stereocenters. The average Bonchev–Trinajstić information content (AvgIpc) is 3.20. The first-order valence-corrected chi connectivity index (χ1v) is 12.6. The van der Waals surface area contributed by atoms with E-state index in [0.29, 0.717) is 24.5 Å². The van der Waals surface area contributed by atoms with E-state index in [-0.39, 0.29) is 0 Å². The number of hydrogen-bond acceptors (Lipinski definition) is 3. The molecule has 0 bridgehead atoms. The first-order chi connectivity index (χ1) is 14.4. The molecule has 1 aliphatic carbocycles. The van der Waals surface area contributed by atoms with Crippen LogP contribution in [0.25, 0.3) is 10.8 Å². The molecule has 0 aliphatic heterocycles. The molecular weight excluding hydrogens is 392 g/mol. The fourth-order valence-electron chi connectivity index (χ4n) is 4.63. The van der Waals surface area contributed by atoms with Gasteiger partial charge in [0.2, 0.25) is 10.0 Å². The zero-order chi connectivity index (χ0) is 21.1. The number of sulfonamides is 1. The molecule has 0 radical (unpaired) electrons. The van der Waals surface area contributed by atoms with Crippen LogP contribution >= 0.6 is 0 Å². The van der Waals surface area contributed by atoms with Crippen LogP contribution in [0.4, 0.5) is 0 Å². The van der Waals surface area contributed by atoms with Gasteiger partial charge in [0, 0.05) is 18.6 Å². The van der Waals surface area contributed by atoms with Crippen LogP contribution in [0.1, 0.15) is 54.8 Å². The molecule has 1 saturated carbocycles. The van der Waals surface area contributed by atoms with E-state index in [4.69, 9.17) is 0 Å². The standard InChI is InChI=1S/C25H30N2O2S/c1-18(24-9-5-7-21-6-3-4-8-25(21)24)27-23-15-14-22(16-23)20-12-10-19(11-13-20)17-26-30(2,28)29/h3-13,18,22-23,26-27H,14-17H2,1-2H3/t18-,22?,23?/m1/s1. The van der Waals surface area contributed by atoms with Gasteiger partial charge < -0.3 is 5.32 Å². The Morgan fingerprint density at radius 1 is 0.967 bits per heavy atom. The van der Waals surface area contributed by atoms with Gasteiger partial charge in [-0.15, -0.1) is 0 Å². The highest BCUT2D eigenvalue weighted by Gasteiger charge is 2.27. The fourth-order valence-corrected chi connectivity index (χ4v) is 5.06. The van der Waals surface area contributed by atoms with E-state index in [0.717, 1.165) is 12.0 Å². The summed E-state index contributed by atoms with van der Waals surface area (Å²) in [5.74, 6) is 0.555. The van der Waals surface area contributed by atoms with Gasteiger partial charge in [0.25, 0.3) is 0 Å². The van der Waals surface area contributed by atoms with E-state index >= 15 is 0 Å². The summed E-state index contributed by atoms with van der Waals surface area (Å²) in [6.45, 7) is 2.61. The molecule has 3 aromatic carbocycles. The lowest BCUT2D eigenvalue weighted by atomic mass is 9.96. The van der Waals surface area contributed by atoms with Crippen molar-refractivity contribution in [1.29, 1.82) is 0 Å². The monoisotopic (exact) mass is 422 g/mol. The summed E-state index contributed by atoms with van der Waals surface area (Å²) >= 11 is 0. The van der Waals surface area contributed by atoms with Crippen LogP contribution in [0.2, 0.25) is 0 Å². The molecule has 3 aromatic rings. The van der Waals surface area contributed by atoms with Gasteiger partial charge >= 0.3 is 0 Å². The average molecular weight is 423 g/mol. The number of fused-ring (bicyclic) bond motifs is 1. The van der Waals surface area contributed by atoms with Crippen molar-refractivity contribution in [2.24, 2.45) is 0 Å². The molecule has 0 amide bonds. The van der Waals surface area contributed by atoms with Crippen molar-refractivity contribution in [3.05, 3.63) is 83.4 Å². The van der Waals surface area contributed by atoms with Crippen molar-refractivity contribution < 1.29 is 8.42 Å². The maximum absolute atomic E-state index is 11.3. The minimum absolute atomic E-state index is 0.310. The Morgan fingerprint density at radius 2 is 1.70 bits per heavy atom. The molecule has 2 unspecified atom stereocenters. The lowest BCUT2D eigenvalue weighted by Gasteiger charge is -2.21. The Balaban J connectivity index is 1.37. The van der Waals surface area contributed by atoms with Crippen molar-refractivity contribution in [2.75, 3.05) is 6.26 Å². The molecule has 5 heteroatoms. The van der Waals surface area contributed by atoms with Crippen LogP contribution in [0.15, 0.2) is 66.7 Å². The van der Waals surface area contributed by atoms with Crippen LogP contribution in [0.3, 0.4) is 0 Å². The minimum atomic E-state index is -3.16. The molecule has 1 aliphatic rings. The molecule has 0 aromatic heterocycles. The van der Waals surface area contributed by atoms with Crippen molar-refractivity contribution in [2.45, 2.75) is 50.7 Å². The van der Waals surface area contributed by atoms with Crippen LogP contribution in [-0.2, 0) is 16.6 Å². The number of rotatable bonds is 7. The predicted octanol–water partition coefficient (Wildman–Crippen LogP) is 4.88. The third kappa shape index (κ3) is 5.09. The van der Waals surface area contributed by atoms with Crippen molar-refractivity contribution in [3.63, 3.8) is 0 Å². The lowest BCUT2D eigenvalue weighted by molar-refractivity contribution is 0.459. The summed E-state index contributed by atoms with van der Waals surface area (Å²) < 4.78 is 25.1. The maximum Gasteiger partial charge on any atom is 0.209 e. The van der Waals surface area contributed by atoms with E-state index in [2.05, 4.69) is 71.6 Å². The number of nitrogens with one attached hydrogen (secondary N) is 2. The predicted molar refractivity (Wildman–Crippen MR) is 124 cm³/mol. The Bertz CT molecular complexity index is 1100. The molecule has 4 nitrogen and oxygen atoms in total. The Kier molecular flexibility index (Phi) is 6.23. The maximum atomic E-state index is 11.3. The SMILES string of the molecule is C[C@@H](NC1CCC(c2ccc(CNS(C)(=O)=O)cc2)C1)c1cccc2ccccc12. The molecule has 0 heterocycles. The summed E-state index contributed by atoms with van der Waals surface area (Å²) in [7, 11) is -3.16. The quantitative estimate of drug-likeness (QED) is 0.571. The molecule has 158 valence electrons. The number of hydrogen-bond donors (Lipinski definition) is 2. The van der Waals surface area contributed by atoms with E-state index in [9.17, 15) is 8.42 Å². The Labute approximate surface area is 179 Å². The molecule has 1 fully saturated rings. The summed E-state index contributed by atoms with van der Waals surface area (Å²) in [6.07, 6.45) is 4.68. The van der Waals surface area contributed by atoms with E-state index < -0.39 is 10.0 Å². The molecule has 0 spiro atoms. The summed E-state index contributed by atoms with van der Waals surface area (Å²) in [5.41, 5.74) is 3.70. The summed E-state index contributed by atoms with van der Waals surface area (Å²) in [5, 5.41) is 6.48. The Hall–Kier alpha value is -2.21. The van der Waals surface area contributed by atoms with Crippen molar-refractivity contribution in [1.82, 2.24) is 10.0 Å². The van der Waals surface area contributed by atoms with Gasteiger partial charge in [-0.25, -0.2) is 13.1 Å². The van der Waals surface area contributed by atoms with E-state index in [1.54, 1.807) is 0 Å². The minimum Gasteiger partial charge on any atom is -0.307 e. The van der Waals surface area contributed by atoms with Crippen molar-refractivity contribution >= 4 is 20.8 Å². The zero-order valence-electron chi connectivity index (χ0n) is 17.6. The second kappa shape index (κ2) is 8.88. The van der Waals surface area contributed by atoms with Crippen LogP contribution in [0, 0.1) is 0 Å². The smallest absolute Gasteiger partial charge is 0.209 e. The summed E-state index contributed by atoms with van der Waals surface area (Å²) in [4.78, 5) is 0. The van der Waals surface area contributed by atoms with Crippen LogP contribution in [-0.4, -0.2) is 20.7 Å². The topological polar surface area (TPSA) is 58.2 Å². The highest BCUT2D eigenvalue weighted by atomic mass is 32.2. The molecule has 0 saturated heterocycles. The largest absolute Gasteiger partial charge is 0.307 e. The summed E-state index contributed by atoms with van der Waals surface area (Å²) in [6, 6.07) is 24.3. The van der Waals surface area contributed by atoms with E-state index in [1.165, 1.54) is 41.0 Å². The van der Waals surface area contributed by atoms with Gasteiger partial charge in [0.15, 0.2) is 0 Å². The van der Waals surface area contributed by atoms with Crippen LogP contribution in [0.5, 0.6) is 0 Å². The third-order valence-corrected chi connectivity index (χ3v) is 6.87. The molecule has 4 rings (SSSR count). The van der Waals surface area contributed by atoms with Gasteiger partial charge in [-0.1, -0.05) is 66.7 Å². The van der Waals surface area contributed by atoms with Gasteiger partial charge in [0.05, 0.1) is 6.26 Å². The second-order valence-electron chi connectivity index (χ2n) is 8.50. The Morgan fingerprint density at radius 3 is 2.47 bits per heavy atom. The van der Waals surface area contributed by atoms with Gasteiger partial charge in [-0.3, -0.25) is 0 Å². The first-order valence-electron chi connectivity index (χ1n) is 10.7. The zero-order valence-corrected chi connectivity index (χ0v) is 18.5. The lowest BCUT2D eigenvalue weighted by Crippen LogP contribution is -2.29. The highest BCUT2D eigenvalue weighted by Crippen LogP contribution is 2.36.